The van der Waals surface area contributed by atoms with E-state index in [1.165, 1.54) is 17.4 Å². The van der Waals surface area contributed by atoms with Crippen LogP contribution in [0, 0.1) is 5.92 Å². The molecule has 2 amide bonds. The lowest BCUT2D eigenvalue weighted by Gasteiger charge is -2.18. The maximum Gasteiger partial charge on any atom is 0.256 e. The van der Waals surface area contributed by atoms with E-state index in [1.54, 1.807) is 35.6 Å². The third-order valence-corrected chi connectivity index (χ3v) is 5.16. The Labute approximate surface area is 139 Å². The Morgan fingerprint density at radius 3 is 2.43 bits per heavy atom. The molecule has 0 saturated heterocycles. The number of carbonyl (C=O) groups excluding carboxylic acids is 2. The van der Waals surface area contributed by atoms with Crippen molar-refractivity contribution in [2.24, 2.45) is 5.92 Å². The van der Waals surface area contributed by atoms with Gasteiger partial charge in [0.2, 0.25) is 5.91 Å². The molecule has 0 aliphatic heterocycles. The molecular formula is C18H20N2O2S. The normalized spacial score (nSPS) is 16.5. The summed E-state index contributed by atoms with van der Waals surface area (Å²) in [6, 6.07) is 7.15. The van der Waals surface area contributed by atoms with Crippen LogP contribution in [0.25, 0.3) is 0 Å². The molecule has 0 spiro atoms. The van der Waals surface area contributed by atoms with Gasteiger partial charge >= 0.3 is 0 Å². The second-order valence-corrected chi connectivity index (χ2v) is 7.08. The van der Waals surface area contributed by atoms with Gasteiger partial charge in [-0.3, -0.25) is 9.59 Å². The largest absolute Gasteiger partial charge is 0.326 e. The smallest absolute Gasteiger partial charge is 0.256 e. The molecule has 3 rings (SSSR count). The summed E-state index contributed by atoms with van der Waals surface area (Å²) in [5, 5.41) is 7.63. The molecule has 1 aliphatic rings. The van der Waals surface area contributed by atoms with Gasteiger partial charge < -0.3 is 10.6 Å². The number of anilines is 2. The van der Waals surface area contributed by atoms with Gasteiger partial charge in [-0.15, -0.1) is 11.3 Å². The van der Waals surface area contributed by atoms with Crippen molar-refractivity contribution in [2.45, 2.75) is 33.1 Å². The minimum absolute atomic E-state index is 0.0515. The molecule has 2 aromatic rings. The third kappa shape index (κ3) is 3.62. The molecule has 5 heteroatoms. The highest BCUT2D eigenvalue weighted by atomic mass is 32.1. The zero-order chi connectivity index (χ0) is 16.4. The van der Waals surface area contributed by atoms with Crippen molar-refractivity contribution < 1.29 is 9.59 Å². The van der Waals surface area contributed by atoms with Gasteiger partial charge in [0, 0.05) is 28.6 Å². The maximum absolute atomic E-state index is 12.5. The number of fused-ring (bicyclic) bond motifs is 1. The van der Waals surface area contributed by atoms with Crippen molar-refractivity contribution in [3.8, 4) is 0 Å². The highest BCUT2D eigenvalue weighted by molar-refractivity contribution is 7.10. The minimum atomic E-state index is -0.110. The van der Waals surface area contributed by atoms with Crippen LogP contribution < -0.4 is 10.6 Å². The predicted octanol–water partition coefficient (Wildman–Crippen LogP) is 4.08. The number of nitrogens with one attached hydrogen (secondary N) is 2. The highest BCUT2D eigenvalue weighted by Crippen LogP contribution is 2.33. The van der Waals surface area contributed by atoms with Gasteiger partial charge in [-0.25, -0.2) is 0 Å². The Bertz CT molecular complexity index is 734. The van der Waals surface area contributed by atoms with Crippen molar-refractivity contribution in [1.82, 2.24) is 0 Å². The van der Waals surface area contributed by atoms with E-state index in [9.17, 15) is 9.59 Å². The summed E-state index contributed by atoms with van der Waals surface area (Å²) < 4.78 is 0. The third-order valence-electron chi connectivity index (χ3n) is 4.11. The van der Waals surface area contributed by atoms with Crippen molar-refractivity contribution in [3.05, 3.63) is 45.6 Å². The molecule has 1 atom stereocenters. The lowest BCUT2D eigenvalue weighted by Crippen LogP contribution is -2.16. The average Bonchev–Trinajstić information content (AvgIpc) is 2.91. The Kier molecular flexibility index (Phi) is 4.48. The summed E-state index contributed by atoms with van der Waals surface area (Å²) in [5.74, 6) is 0.545. The van der Waals surface area contributed by atoms with E-state index in [1.807, 2.05) is 5.38 Å². The monoisotopic (exact) mass is 328 g/mol. The fourth-order valence-corrected chi connectivity index (χ4v) is 4.15. The molecule has 1 aromatic heterocycles. The van der Waals surface area contributed by atoms with Gasteiger partial charge in [-0.05, 0) is 55.0 Å². The van der Waals surface area contributed by atoms with Crippen LogP contribution in [0.3, 0.4) is 0 Å². The van der Waals surface area contributed by atoms with Crippen LogP contribution in [0.15, 0.2) is 29.6 Å². The first kappa shape index (κ1) is 15.7. The van der Waals surface area contributed by atoms with Crippen molar-refractivity contribution in [2.75, 3.05) is 10.6 Å². The van der Waals surface area contributed by atoms with Gasteiger partial charge in [0.25, 0.3) is 5.91 Å². The van der Waals surface area contributed by atoms with Crippen LogP contribution in [0.1, 0.15) is 41.1 Å². The molecule has 0 radical (unpaired) electrons. The molecule has 0 fully saturated rings. The molecular weight excluding hydrogens is 308 g/mol. The quantitative estimate of drug-likeness (QED) is 0.892. The number of rotatable bonds is 3. The van der Waals surface area contributed by atoms with Crippen LogP contribution in [0.2, 0.25) is 0 Å². The summed E-state index contributed by atoms with van der Waals surface area (Å²) >= 11 is 1.70. The van der Waals surface area contributed by atoms with Crippen LogP contribution in [-0.2, 0) is 17.6 Å². The van der Waals surface area contributed by atoms with E-state index in [0.717, 1.165) is 36.2 Å². The van der Waals surface area contributed by atoms with E-state index in [4.69, 9.17) is 0 Å². The van der Waals surface area contributed by atoms with Crippen molar-refractivity contribution in [3.63, 3.8) is 0 Å². The van der Waals surface area contributed by atoms with E-state index >= 15 is 0 Å². The van der Waals surface area contributed by atoms with E-state index in [2.05, 4.69) is 17.6 Å². The molecule has 0 unspecified atom stereocenters. The van der Waals surface area contributed by atoms with Gasteiger partial charge in [0.15, 0.2) is 0 Å². The topological polar surface area (TPSA) is 58.2 Å². The molecule has 1 aliphatic carbocycles. The zero-order valence-corrected chi connectivity index (χ0v) is 14.1. The van der Waals surface area contributed by atoms with E-state index in [0.29, 0.717) is 5.92 Å². The number of amides is 2. The molecule has 0 bridgehead atoms. The van der Waals surface area contributed by atoms with Crippen LogP contribution in [0.5, 0.6) is 0 Å². The first-order valence-corrected chi connectivity index (χ1v) is 8.69. The Morgan fingerprint density at radius 2 is 1.78 bits per heavy atom. The van der Waals surface area contributed by atoms with E-state index < -0.39 is 0 Å². The van der Waals surface area contributed by atoms with Gasteiger partial charge in [0.1, 0.15) is 0 Å². The fraction of sp³-hybridized carbons (Fsp3) is 0.333. The highest BCUT2D eigenvalue weighted by Gasteiger charge is 2.23. The number of carbonyl (C=O) groups is 2. The molecule has 4 nitrogen and oxygen atoms in total. The summed E-state index contributed by atoms with van der Waals surface area (Å²) in [4.78, 5) is 24.9. The summed E-state index contributed by atoms with van der Waals surface area (Å²) in [6.45, 7) is 3.73. The first-order valence-electron chi connectivity index (χ1n) is 7.81. The van der Waals surface area contributed by atoms with E-state index in [-0.39, 0.29) is 11.8 Å². The standard InChI is InChI=1S/C18H20N2O2S/c1-11-3-8-15-16(10-23-17(15)9-11)18(22)20-14-6-4-13(5-7-14)19-12(2)21/h4-7,10-11H,3,8-9H2,1-2H3,(H,19,21)(H,20,22)/t11-/m1/s1. The lowest BCUT2D eigenvalue weighted by atomic mass is 9.88. The number of benzene rings is 1. The average molecular weight is 328 g/mol. The molecule has 120 valence electrons. The second-order valence-electron chi connectivity index (χ2n) is 6.11. The number of thiophene rings is 1. The van der Waals surface area contributed by atoms with Gasteiger partial charge in [-0.2, -0.15) is 0 Å². The summed E-state index contributed by atoms with van der Waals surface area (Å²) in [5.41, 5.74) is 3.48. The van der Waals surface area contributed by atoms with Crippen molar-refractivity contribution >= 4 is 34.5 Å². The van der Waals surface area contributed by atoms with Gasteiger partial charge in [0.05, 0.1) is 5.56 Å². The van der Waals surface area contributed by atoms with Crippen LogP contribution in [0.4, 0.5) is 11.4 Å². The van der Waals surface area contributed by atoms with Crippen molar-refractivity contribution in [1.29, 1.82) is 0 Å². The number of hydrogen-bond donors (Lipinski definition) is 2. The summed E-state index contributed by atoms with van der Waals surface area (Å²) in [6.07, 6.45) is 3.22. The SMILES string of the molecule is CC(=O)Nc1ccc(NC(=O)c2csc3c2CC[C@@H](C)C3)cc1. The summed E-state index contributed by atoms with van der Waals surface area (Å²) in [7, 11) is 0. The Morgan fingerprint density at radius 1 is 1.13 bits per heavy atom. The zero-order valence-electron chi connectivity index (χ0n) is 13.3. The molecule has 1 heterocycles. The predicted molar refractivity (Wildman–Crippen MR) is 94.2 cm³/mol. The Balaban J connectivity index is 1.71. The maximum atomic E-state index is 12.5. The second kappa shape index (κ2) is 6.54. The van der Waals surface area contributed by atoms with Crippen LogP contribution in [-0.4, -0.2) is 11.8 Å². The lowest BCUT2D eigenvalue weighted by molar-refractivity contribution is -0.114. The number of hydrogen-bond acceptors (Lipinski definition) is 3. The molecule has 23 heavy (non-hydrogen) atoms. The minimum Gasteiger partial charge on any atom is -0.326 e. The fourth-order valence-electron chi connectivity index (χ4n) is 2.91. The van der Waals surface area contributed by atoms with Gasteiger partial charge in [-0.1, -0.05) is 6.92 Å². The molecule has 2 N–H and O–H groups in total. The first-order chi connectivity index (χ1) is 11.0. The molecule has 1 aromatic carbocycles. The Hall–Kier alpha value is -2.14. The van der Waals surface area contributed by atoms with Crippen LogP contribution >= 0.6 is 11.3 Å². The molecule has 0 saturated carbocycles.